The first-order valence-corrected chi connectivity index (χ1v) is 7.87. The molecule has 102 valence electrons. The van der Waals surface area contributed by atoms with Crippen molar-refractivity contribution < 1.29 is 0 Å². The number of H-pyrrole nitrogens is 1. The second-order valence-corrected chi connectivity index (χ2v) is 6.21. The second-order valence-electron chi connectivity index (χ2n) is 5.82. The summed E-state index contributed by atoms with van der Waals surface area (Å²) >= 11 is 5.56. The van der Waals surface area contributed by atoms with Gasteiger partial charge in [0.05, 0.1) is 11.0 Å². The van der Waals surface area contributed by atoms with Crippen LogP contribution < -0.4 is 0 Å². The van der Waals surface area contributed by atoms with Gasteiger partial charge in [-0.1, -0.05) is 38.2 Å². The lowest BCUT2D eigenvalue weighted by Gasteiger charge is -2.22. The summed E-state index contributed by atoms with van der Waals surface area (Å²) in [5.41, 5.74) is 3.77. The molecular formula is C16H22N2S. The standard InChI is InChI=1S/C16H22N2S/c1-12-9-10-14-15(11-12)18(16(19)17-14)13-7-5-3-2-4-6-8-13/h9-11,13H,2-8H2,1H3,(H,17,19). The molecule has 1 aliphatic carbocycles. The lowest BCUT2D eigenvalue weighted by molar-refractivity contribution is 0.376. The van der Waals surface area contributed by atoms with Gasteiger partial charge in [-0.05, 0) is 49.7 Å². The van der Waals surface area contributed by atoms with E-state index in [0.717, 1.165) is 4.77 Å². The molecule has 1 aliphatic rings. The average molecular weight is 274 g/mol. The van der Waals surface area contributed by atoms with Gasteiger partial charge >= 0.3 is 0 Å². The number of fused-ring (bicyclic) bond motifs is 1. The van der Waals surface area contributed by atoms with Gasteiger partial charge < -0.3 is 9.55 Å². The quantitative estimate of drug-likeness (QED) is 0.700. The molecule has 0 spiro atoms. The molecule has 1 saturated carbocycles. The van der Waals surface area contributed by atoms with Crippen LogP contribution in [-0.4, -0.2) is 9.55 Å². The zero-order valence-corrected chi connectivity index (χ0v) is 12.4. The Bertz CT molecular complexity index is 615. The number of imidazole rings is 1. The van der Waals surface area contributed by atoms with Crippen molar-refractivity contribution in [2.45, 2.75) is 57.9 Å². The van der Waals surface area contributed by atoms with E-state index in [1.165, 1.54) is 61.5 Å². The fraction of sp³-hybridized carbons (Fsp3) is 0.562. The van der Waals surface area contributed by atoms with Crippen molar-refractivity contribution in [3.05, 3.63) is 28.5 Å². The second kappa shape index (κ2) is 5.49. The number of rotatable bonds is 1. The van der Waals surface area contributed by atoms with Crippen molar-refractivity contribution in [1.29, 1.82) is 0 Å². The lowest BCUT2D eigenvalue weighted by Crippen LogP contribution is -2.11. The van der Waals surface area contributed by atoms with Crippen LogP contribution in [0.1, 0.15) is 56.6 Å². The summed E-state index contributed by atoms with van der Waals surface area (Å²) in [5.74, 6) is 0. The smallest absolute Gasteiger partial charge is 0.178 e. The first-order chi connectivity index (χ1) is 9.25. The molecule has 1 aromatic heterocycles. The fourth-order valence-electron chi connectivity index (χ4n) is 3.29. The third-order valence-electron chi connectivity index (χ3n) is 4.31. The molecule has 0 radical (unpaired) electrons. The molecule has 0 atom stereocenters. The normalized spacial score (nSPS) is 18.4. The van der Waals surface area contributed by atoms with Crippen LogP contribution in [0.3, 0.4) is 0 Å². The molecule has 0 aliphatic heterocycles. The summed E-state index contributed by atoms with van der Waals surface area (Å²) < 4.78 is 3.27. The van der Waals surface area contributed by atoms with Crippen LogP contribution >= 0.6 is 12.2 Å². The van der Waals surface area contributed by atoms with Gasteiger partial charge in [-0.2, -0.15) is 0 Å². The maximum absolute atomic E-state index is 5.56. The predicted molar refractivity (Wildman–Crippen MR) is 83.2 cm³/mol. The van der Waals surface area contributed by atoms with Crippen LogP contribution in [0, 0.1) is 11.7 Å². The van der Waals surface area contributed by atoms with E-state index in [0.29, 0.717) is 6.04 Å². The minimum atomic E-state index is 0.586. The lowest BCUT2D eigenvalue weighted by atomic mass is 9.96. The van der Waals surface area contributed by atoms with Crippen molar-refractivity contribution in [3.8, 4) is 0 Å². The van der Waals surface area contributed by atoms with Gasteiger partial charge in [-0.25, -0.2) is 0 Å². The van der Waals surface area contributed by atoms with E-state index in [4.69, 9.17) is 12.2 Å². The average Bonchev–Trinajstić information content (AvgIpc) is 2.65. The number of aryl methyl sites for hydroxylation is 1. The molecule has 0 saturated heterocycles. The van der Waals surface area contributed by atoms with E-state index in [1.54, 1.807) is 0 Å². The Balaban J connectivity index is 2.04. The molecule has 3 heteroatoms. The highest BCUT2D eigenvalue weighted by Gasteiger charge is 2.16. The summed E-state index contributed by atoms with van der Waals surface area (Å²) in [6, 6.07) is 7.15. The number of aromatic amines is 1. The van der Waals surface area contributed by atoms with Crippen molar-refractivity contribution in [1.82, 2.24) is 9.55 Å². The Morgan fingerprint density at radius 2 is 1.79 bits per heavy atom. The molecule has 19 heavy (non-hydrogen) atoms. The third-order valence-corrected chi connectivity index (χ3v) is 4.61. The van der Waals surface area contributed by atoms with E-state index in [-0.39, 0.29) is 0 Å². The van der Waals surface area contributed by atoms with Crippen LogP contribution in [-0.2, 0) is 0 Å². The molecule has 1 fully saturated rings. The Labute approximate surface area is 119 Å². The highest BCUT2D eigenvalue weighted by atomic mass is 32.1. The molecule has 2 nitrogen and oxygen atoms in total. The molecule has 2 aromatic rings. The molecule has 1 aromatic carbocycles. The SMILES string of the molecule is Cc1ccc2[nH]c(=S)n(C3CCCCCCC3)c2c1. The topological polar surface area (TPSA) is 20.7 Å². The van der Waals surface area contributed by atoms with E-state index in [9.17, 15) is 0 Å². The monoisotopic (exact) mass is 274 g/mol. The number of nitrogens with one attached hydrogen (secondary N) is 1. The molecule has 0 amide bonds. The van der Waals surface area contributed by atoms with Gasteiger partial charge in [0.25, 0.3) is 0 Å². The van der Waals surface area contributed by atoms with Crippen LogP contribution in [0.5, 0.6) is 0 Å². The first-order valence-electron chi connectivity index (χ1n) is 7.46. The molecule has 0 bridgehead atoms. The van der Waals surface area contributed by atoms with Gasteiger partial charge in [0.1, 0.15) is 0 Å². The highest BCUT2D eigenvalue weighted by Crippen LogP contribution is 2.30. The Hall–Kier alpha value is -1.09. The number of hydrogen-bond donors (Lipinski definition) is 1. The number of nitrogens with zero attached hydrogens (tertiary/aromatic N) is 1. The minimum Gasteiger partial charge on any atom is -0.331 e. The maximum Gasteiger partial charge on any atom is 0.178 e. The van der Waals surface area contributed by atoms with Gasteiger partial charge in [0, 0.05) is 6.04 Å². The third kappa shape index (κ3) is 2.62. The van der Waals surface area contributed by atoms with Crippen molar-refractivity contribution in [2.24, 2.45) is 0 Å². The predicted octanol–water partition coefficient (Wildman–Crippen LogP) is 5.29. The molecule has 0 unspecified atom stereocenters. The number of aromatic nitrogens is 2. The molecular weight excluding hydrogens is 252 g/mol. The van der Waals surface area contributed by atoms with E-state index in [1.807, 2.05) is 0 Å². The zero-order chi connectivity index (χ0) is 13.2. The summed E-state index contributed by atoms with van der Waals surface area (Å²) in [6.45, 7) is 2.15. The molecule has 1 N–H and O–H groups in total. The number of hydrogen-bond acceptors (Lipinski definition) is 1. The van der Waals surface area contributed by atoms with Crippen LogP contribution in [0.25, 0.3) is 11.0 Å². The van der Waals surface area contributed by atoms with Crippen molar-refractivity contribution in [2.75, 3.05) is 0 Å². The van der Waals surface area contributed by atoms with Crippen molar-refractivity contribution >= 4 is 23.3 Å². The summed E-state index contributed by atoms with van der Waals surface area (Å²) in [6.07, 6.45) is 9.39. The van der Waals surface area contributed by atoms with Crippen LogP contribution in [0.4, 0.5) is 0 Å². The molecule has 1 heterocycles. The van der Waals surface area contributed by atoms with Gasteiger partial charge in [0.15, 0.2) is 4.77 Å². The largest absolute Gasteiger partial charge is 0.331 e. The Morgan fingerprint density at radius 3 is 2.53 bits per heavy atom. The van der Waals surface area contributed by atoms with E-state index >= 15 is 0 Å². The van der Waals surface area contributed by atoms with Crippen LogP contribution in [0.2, 0.25) is 0 Å². The summed E-state index contributed by atoms with van der Waals surface area (Å²) in [4.78, 5) is 3.37. The summed E-state index contributed by atoms with van der Waals surface area (Å²) in [5, 5.41) is 0. The molecule has 3 rings (SSSR count). The zero-order valence-electron chi connectivity index (χ0n) is 11.6. The summed E-state index contributed by atoms with van der Waals surface area (Å²) in [7, 11) is 0. The van der Waals surface area contributed by atoms with Gasteiger partial charge in [0.2, 0.25) is 0 Å². The minimum absolute atomic E-state index is 0.586. The maximum atomic E-state index is 5.56. The fourth-order valence-corrected chi connectivity index (χ4v) is 3.64. The van der Waals surface area contributed by atoms with E-state index < -0.39 is 0 Å². The van der Waals surface area contributed by atoms with E-state index in [2.05, 4.69) is 34.7 Å². The Morgan fingerprint density at radius 1 is 1.11 bits per heavy atom. The first kappa shape index (κ1) is 12.9. The highest BCUT2D eigenvalue weighted by molar-refractivity contribution is 7.71. The van der Waals surface area contributed by atoms with Crippen molar-refractivity contribution in [3.63, 3.8) is 0 Å². The number of benzene rings is 1. The van der Waals surface area contributed by atoms with Gasteiger partial charge in [-0.3, -0.25) is 0 Å². The Kier molecular flexibility index (Phi) is 3.74. The van der Waals surface area contributed by atoms with Crippen LogP contribution in [0.15, 0.2) is 18.2 Å². The van der Waals surface area contributed by atoms with Gasteiger partial charge in [-0.15, -0.1) is 0 Å².